The van der Waals surface area contributed by atoms with E-state index in [1.807, 2.05) is 0 Å². The van der Waals surface area contributed by atoms with E-state index in [2.05, 4.69) is 0 Å². The maximum atomic E-state index is 12.8. The molecule has 0 radical (unpaired) electrons. The van der Waals surface area contributed by atoms with Crippen molar-refractivity contribution >= 4 is 17.4 Å². The predicted octanol–water partition coefficient (Wildman–Crippen LogP) is 3.39. The summed E-state index contributed by atoms with van der Waals surface area (Å²) < 4.78 is 12.8. The van der Waals surface area contributed by atoms with Gasteiger partial charge < -0.3 is 0 Å². The van der Waals surface area contributed by atoms with Crippen LogP contribution < -0.4 is 0 Å². The molecule has 1 aliphatic rings. The standard InChI is InChI=1S/C12H12ClFO/c1-8(15)12(4-5-12)7-9-2-3-10(14)6-11(9)13/h2-3,6H,4-5,7H2,1H3. The van der Waals surface area contributed by atoms with Crippen molar-refractivity contribution in [2.45, 2.75) is 26.2 Å². The van der Waals surface area contributed by atoms with Crippen LogP contribution in [-0.4, -0.2) is 5.78 Å². The average molecular weight is 227 g/mol. The third-order valence-electron chi connectivity index (χ3n) is 3.14. The van der Waals surface area contributed by atoms with Crippen molar-refractivity contribution in [2.24, 2.45) is 5.41 Å². The molecule has 1 aromatic carbocycles. The number of hydrogen-bond acceptors (Lipinski definition) is 1. The Morgan fingerprint density at radius 3 is 2.67 bits per heavy atom. The number of carbonyl (C=O) groups excluding carboxylic acids is 1. The fourth-order valence-corrected chi connectivity index (χ4v) is 2.07. The molecule has 1 fully saturated rings. The molecule has 0 aliphatic heterocycles. The van der Waals surface area contributed by atoms with E-state index in [4.69, 9.17) is 11.6 Å². The molecule has 0 spiro atoms. The van der Waals surface area contributed by atoms with E-state index >= 15 is 0 Å². The maximum Gasteiger partial charge on any atom is 0.136 e. The van der Waals surface area contributed by atoms with Crippen LogP contribution in [0, 0.1) is 11.2 Å². The molecule has 1 aromatic rings. The van der Waals surface area contributed by atoms with Crippen molar-refractivity contribution in [2.75, 3.05) is 0 Å². The van der Waals surface area contributed by atoms with E-state index in [0.717, 1.165) is 18.4 Å². The van der Waals surface area contributed by atoms with Crippen molar-refractivity contribution in [3.05, 3.63) is 34.6 Å². The molecule has 1 aliphatic carbocycles. The number of ketones is 1. The van der Waals surface area contributed by atoms with E-state index in [0.29, 0.717) is 11.4 Å². The summed E-state index contributed by atoms with van der Waals surface area (Å²) >= 11 is 5.92. The molecule has 2 rings (SSSR count). The summed E-state index contributed by atoms with van der Waals surface area (Å²) in [6.45, 7) is 1.62. The van der Waals surface area contributed by atoms with Gasteiger partial charge in [0.15, 0.2) is 0 Å². The number of hydrogen-bond donors (Lipinski definition) is 0. The monoisotopic (exact) mass is 226 g/mol. The van der Waals surface area contributed by atoms with E-state index in [-0.39, 0.29) is 17.0 Å². The second-order valence-electron chi connectivity index (χ2n) is 4.25. The summed E-state index contributed by atoms with van der Waals surface area (Å²) in [7, 11) is 0. The van der Waals surface area contributed by atoms with Crippen LogP contribution in [0.15, 0.2) is 18.2 Å². The highest BCUT2D eigenvalue weighted by atomic mass is 35.5. The minimum atomic E-state index is -0.337. The lowest BCUT2D eigenvalue weighted by molar-refractivity contribution is -0.121. The molecule has 0 aromatic heterocycles. The Bertz CT molecular complexity index is 410. The molecule has 15 heavy (non-hydrogen) atoms. The van der Waals surface area contributed by atoms with Gasteiger partial charge in [-0.3, -0.25) is 4.79 Å². The quantitative estimate of drug-likeness (QED) is 0.772. The van der Waals surface area contributed by atoms with E-state index < -0.39 is 0 Å². The molecular weight excluding hydrogens is 215 g/mol. The minimum absolute atomic E-state index is 0.207. The van der Waals surface area contributed by atoms with Gasteiger partial charge in [-0.15, -0.1) is 0 Å². The zero-order valence-electron chi connectivity index (χ0n) is 8.52. The lowest BCUT2D eigenvalue weighted by Gasteiger charge is -2.12. The number of rotatable bonds is 3. The molecule has 0 atom stereocenters. The Balaban J connectivity index is 2.21. The van der Waals surface area contributed by atoms with Crippen molar-refractivity contribution in [3.63, 3.8) is 0 Å². The van der Waals surface area contributed by atoms with Crippen LogP contribution in [0.1, 0.15) is 25.3 Å². The summed E-state index contributed by atoms with van der Waals surface area (Å²) in [5, 5.41) is 0.419. The molecule has 0 amide bonds. The molecule has 1 saturated carbocycles. The van der Waals surface area contributed by atoms with Crippen molar-refractivity contribution in [3.8, 4) is 0 Å². The maximum absolute atomic E-state index is 12.8. The Morgan fingerprint density at radius 2 is 2.20 bits per heavy atom. The van der Waals surface area contributed by atoms with Crippen LogP contribution in [0.3, 0.4) is 0 Å². The summed E-state index contributed by atoms with van der Waals surface area (Å²) in [6.07, 6.45) is 2.49. The smallest absolute Gasteiger partial charge is 0.136 e. The fourth-order valence-electron chi connectivity index (χ4n) is 1.83. The Labute approximate surface area is 93.2 Å². The van der Waals surface area contributed by atoms with Crippen molar-refractivity contribution < 1.29 is 9.18 Å². The SMILES string of the molecule is CC(=O)C1(Cc2ccc(F)cc2Cl)CC1. The summed E-state index contributed by atoms with van der Waals surface area (Å²) in [5.41, 5.74) is 0.660. The minimum Gasteiger partial charge on any atom is -0.299 e. The highest BCUT2D eigenvalue weighted by Crippen LogP contribution is 2.49. The summed E-state index contributed by atoms with van der Waals surface area (Å²) in [6, 6.07) is 4.35. The van der Waals surface area contributed by atoms with Crippen LogP contribution in [-0.2, 0) is 11.2 Å². The molecular formula is C12H12ClFO. The van der Waals surface area contributed by atoms with Gasteiger partial charge in [-0.25, -0.2) is 4.39 Å². The van der Waals surface area contributed by atoms with E-state index in [1.54, 1.807) is 13.0 Å². The van der Waals surface area contributed by atoms with Gasteiger partial charge in [-0.2, -0.15) is 0 Å². The van der Waals surface area contributed by atoms with Crippen LogP contribution in [0.2, 0.25) is 5.02 Å². The van der Waals surface area contributed by atoms with E-state index in [1.165, 1.54) is 12.1 Å². The highest BCUT2D eigenvalue weighted by Gasteiger charge is 2.47. The zero-order chi connectivity index (χ0) is 11.1. The normalized spacial score (nSPS) is 17.5. The first kappa shape index (κ1) is 10.6. The van der Waals surface area contributed by atoms with Gasteiger partial charge in [0.1, 0.15) is 11.6 Å². The van der Waals surface area contributed by atoms with Gasteiger partial charge in [-0.05, 0) is 43.9 Å². The van der Waals surface area contributed by atoms with Gasteiger partial charge >= 0.3 is 0 Å². The second kappa shape index (κ2) is 3.60. The third-order valence-corrected chi connectivity index (χ3v) is 3.50. The second-order valence-corrected chi connectivity index (χ2v) is 4.66. The van der Waals surface area contributed by atoms with Crippen molar-refractivity contribution in [1.29, 1.82) is 0 Å². The first-order valence-corrected chi connectivity index (χ1v) is 5.36. The molecule has 1 nitrogen and oxygen atoms in total. The van der Waals surface area contributed by atoms with Crippen molar-refractivity contribution in [1.82, 2.24) is 0 Å². The van der Waals surface area contributed by atoms with Crippen LogP contribution in [0.4, 0.5) is 4.39 Å². The predicted molar refractivity (Wildman–Crippen MR) is 57.5 cm³/mol. The summed E-state index contributed by atoms with van der Waals surface area (Å²) in [5.74, 6) is -0.126. The first-order chi connectivity index (χ1) is 7.03. The highest BCUT2D eigenvalue weighted by molar-refractivity contribution is 6.31. The van der Waals surface area contributed by atoms with E-state index in [9.17, 15) is 9.18 Å². The van der Waals surface area contributed by atoms with Gasteiger partial charge in [0.2, 0.25) is 0 Å². The Morgan fingerprint density at radius 1 is 1.53 bits per heavy atom. The van der Waals surface area contributed by atoms with Gasteiger partial charge in [0.25, 0.3) is 0 Å². The van der Waals surface area contributed by atoms with Gasteiger partial charge in [0, 0.05) is 10.4 Å². The number of carbonyl (C=O) groups is 1. The van der Waals surface area contributed by atoms with Gasteiger partial charge in [-0.1, -0.05) is 17.7 Å². The van der Waals surface area contributed by atoms with Crippen LogP contribution in [0.5, 0.6) is 0 Å². The first-order valence-electron chi connectivity index (χ1n) is 4.98. The molecule has 0 saturated heterocycles. The van der Waals surface area contributed by atoms with Crippen LogP contribution >= 0.6 is 11.6 Å². The number of benzene rings is 1. The molecule has 0 heterocycles. The summed E-state index contributed by atoms with van der Waals surface area (Å²) in [4.78, 5) is 11.4. The third kappa shape index (κ3) is 2.05. The molecule has 0 bridgehead atoms. The fraction of sp³-hybridized carbons (Fsp3) is 0.417. The molecule has 80 valence electrons. The average Bonchev–Trinajstić information content (AvgIpc) is 2.91. The zero-order valence-corrected chi connectivity index (χ0v) is 9.27. The number of halogens is 2. The lowest BCUT2D eigenvalue weighted by Crippen LogP contribution is -2.15. The van der Waals surface area contributed by atoms with Gasteiger partial charge in [0.05, 0.1) is 0 Å². The molecule has 3 heteroatoms. The Hall–Kier alpha value is -0.890. The lowest BCUT2D eigenvalue weighted by atomic mass is 9.93. The topological polar surface area (TPSA) is 17.1 Å². The largest absolute Gasteiger partial charge is 0.299 e. The van der Waals surface area contributed by atoms with Crippen LogP contribution in [0.25, 0.3) is 0 Å². The Kier molecular flexibility index (Phi) is 2.55. The molecule has 0 unspecified atom stereocenters. The number of Topliss-reactive ketones (excluding diaryl/α,β-unsaturated/α-hetero) is 1. The molecule has 0 N–H and O–H groups in total.